The van der Waals surface area contributed by atoms with Gasteiger partial charge in [0.15, 0.2) is 0 Å². The maximum atomic E-state index is 11.7. The van der Waals surface area contributed by atoms with Crippen LogP contribution in [0.1, 0.15) is 38.5 Å². The van der Waals surface area contributed by atoms with E-state index in [2.05, 4.69) is 4.28 Å². The number of amides is 2. The van der Waals surface area contributed by atoms with Crippen LogP contribution in [0.3, 0.4) is 0 Å². The molecular weight excluding hydrogens is 234 g/mol. The summed E-state index contributed by atoms with van der Waals surface area (Å²) < 4.78 is 28.0. The Labute approximate surface area is 93.6 Å². The van der Waals surface area contributed by atoms with Crippen molar-refractivity contribution in [2.45, 2.75) is 43.8 Å². The highest BCUT2D eigenvalue weighted by molar-refractivity contribution is 7.87. The summed E-state index contributed by atoms with van der Waals surface area (Å²) in [6.45, 7) is 0. The number of hydroxylamine groups is 2. The van der Waals surface area contributed by atoms with Crippen molar-refractivity contribution >= 4 is 21.9 Å². The third-order valence-electron chi connectivity index (χ3n) is 2.89. The summed E-state index contributed by atoms with van der Waals surface area (Å²) in [5.74, 6) is -1.15. The molecule has 2 aliphatic rings. The first-order valence-corrected chi connectivity index (χ1v) is 6.77. The molecule has 1 aliphatic heterocycles. The molecule has 16 heavy (non-hydrogen) atoms. The molecular formula is C9H13NO5S. The summed E-state index contributed by atoms with van der Waals surface area (Å²) in [4.78, 5) is 22.4. The van der Waals surface area contributed by atoms with Crippen molar-refractivity contribution in [3.63, 3.8) is 0 Å². The van der Waals surface area contributed by atoms with Crippen molar-refractivity contribution in [2.24, 2.45) is 0 Å². The summed E-state index contributed by atoms with van der Waals surface area (Å²) >= 11 is 0. The Morgan fingerprint density at radius 1 is 1.06 bits per heavy atom. The molecule has 1 saturated carbocycles. The Morgan fingerprint density at radius 2 is 1.56 bits per heavy atom. The van der Waals surface area contributed by atoms with Gasteiger partial charge in [0.25, 0.3) is 21.9 Å². The zero-order valence-electron chi connectivity index (χ0n) is 8.72. The molecule has 1 aliphatic carbocycles. The first kappa shape index (κ1) is 11.5. The number of hydrogen-bond acceptors (Lipinski definition) is 5. The standard InChI is InChI=1S/C9H13NO5S/c11-8-5-6-9(12)10(8)15-16(13,14)7-3-1-2-4-7/h7H,1-6H2. The molecule has 1 heterocycles. The third kappa shape index (κ3) is 2.10. The molecule has 2 rings (SSSR count). The van der Waals surface area contributed by atoms with Gasteiger partial charge in [0, 0.05) is 12.8 Å². The van der Waals surface area contributed by atoms with Gasteiger partial charge in [0.2, 0.25) is 0 Å². The second-order valence-electron chi connectivity index (χ2n) is 4.06. The average molecular weight is 247 g/mol. The van der Waals surface area contributed by atoms with Crippen LogP contribution in [0.5, 0.6) is 0 Å². The molecule has 0 spiro atoms. The normalized spacial score (nSPS) is 23.4. The summed E-state index contributed by atoms with van der Waals surface area (Å²) in [7, 11) is -3.82. The largest absolute Gasteiger partial charge is 0.291 e. The predicted molar refractivity (Wildman–Crippen MR) is 53.3 cm³/mol. The Balaban J connectivity index is 2.08. The molecule has 2 amide bonds. The van der Waals surface area contributed by atoms with Crippen molar-refractivity contribution in [3.8, 4) is 0 Å². The van der Waals surface area contributed by atoms with E-state index in [1.54, 1.807) is 0 Å². The quantitative estimate of drug-likeness (QED) is 0.672. The number of nitrogens with zero attached hydrogens (tertiary/aromatic N) is 1. The van der Waals surface area contributed by atoms with Gasteiger partial charge in [-0.3, -0.25) is 9.59 Å². The summed E-state index contributed by atoms with van der Waals surface area (Å²) in [5, 5.41) is -0.179. The molecule has 0 N–H and O–H groups in total. The van der Waals surface area contributed by atoms with Gasteiger partial charge in [-0.1, -0.05) is 12.8 Å². The van der Waals surface area contributed by atoms with E-state index in [0.717, 1.165) is 12.8 Å². The predicted octanol–water partition coefficient (Wildman–Crippen LogP) is 0.339. The van der Waals surface area contributed by atoms with Crippen LogP contribution in [0.15, 0.2) is 0 Å². The highest BCUT2D eigenvalue weighted by Crippen LogP contribution is 2.27. The van der Waals surface area contributed by atoms with Crippen LogP contribution in [0, 0.1) is 0 Å². The summed E-state index contributed by atoms with van der Waals surface area (Å²) in [6, 6.07) is 0. The molecule has 1 saturated heterocycles. The smallest absolute Gasteiger partial charge is 0.272 e. The van der Waals surface area contributed by atoms with E-state index in [9.17, 15) is 18.0 Å². The molecule has 7 heteroatoms. The molecule has 90 valence electrons. The minimum absolute atomic E-state index is 0.0268. The maximum absolute atomic E-state index is 11.7. The first-order chi connectivity index (χ1) is 7.50. The number of carbonyl (C=O) groups excluding carboxylic acids is 2. The van der Waals surface area contributed by atoms with Crippen molar-refractivity contribution in [1.82, 2.24) is 5.06 Å². The fourth-order valence-electron chi connectivity index (χ4n) is 1.98. The molecule has 0 unspecified atom stereocenters. The van der Waals surface area contributed by atoms with Crippen LogP contribution in [0.25, 0.3) is 0 Å². The van der Waals surface area contributed by atoms with Gasteiger partial charge < -0.3 is 0 Å². The summed E-state index contributed by atoms with van der Waals surface area (Å²) in [6.07, 6.45) is 2.82. The van der Waals surface area contributed by atoms with Crippen LogP contribution in [-0.2, 0) is 24.0 Å². The molecule has 0 aromatic heterocycles. The van der Waals surface area contributed by atoms with Crippen molar-refractivity contribution < 1.29 is 22.3 Å². The molecule has 0 atom stereocenters. The highest BCUT2D eigenvalue weighted by Gasteiger charge is 2.38. The van der Waals surface area contributed by atoms with Gasteiger partial charge in [0.1, 0.15) is 0 Å². The number of carbonyl (C=O) groups is 2. The fraction of sp³-hybridized carbons (Fsp3) is 0.778. The van der Waals surface area contributed by atoms with Crippen LogP contribution in [0.4, 0.5) is 0 Å². The first-order valence-electron chi connectivity index (χ1n) is 5.30. The zero-order valence-corrected chi connectivity index (χ0v) is 9.53. The Kier molecular flexibility index (Phi) is 2.98. The Bertz CT molecular complexity index is 394. The lowest BCUT2D eigenvalue weighted by Crippen LogP contribution is -2.35. The molecule has 0 aromatic carbocycles. The minimum atomic E-state index is -3.82. The van der Waals surface area contributed by atoms with E-state index in [-0.39, 0.29) is 12.8 Å². The molecule has 0 aromatic rings. The lowest BCUT2D eigenvalue weighted by Gasteiger charge is -2.16. The minimum Gasteiger partial charge on any atom is -0.272 e. The molecule has 0 radical (unpaired) electrons. The van der Waals surface area contributed by atoms with E-state index in [0.29, 0.717) is 17.9 Å². The van der Waals surface area contributed by atoms with Crippen LogP contribution in [-0.4, -0.2) is 30.5 Å². The lowest BCUT2D eigenvalue weighted by molar-refractivity contribution is -0.163. The van der Waals surface area contributed by atoms with E-state index in [1.165, 1.54) is 0 Å². The van der Waals surface area contributed by atoms with Gasteiger partial charge in [-0.15, -0.1) is 9.35 Å². The van der Waals surface area contributed by atoms with E-state index >= 15 is 0 Å². The SMILES string of the molecule is O=C1CCC(=O)N1OS(=O)(=O)C1CCCC1. The number of imide groups is 1. The van der Waals surface area contributed by atoms with E-state index in [4.69, 9.17) is 0 Å². The Morgan fingerprint density at radius 3 is 2.06 bits per heavy atom. The summed E-state index contributed by atoms with van der Waals surface area (Å²) in [5.41, 5.74) is 0. The zero-order chi connectivity index (χ0) is 11.8. The van der Waals surface area contributed by atoms with Gasteiger partial charge in [0.05, 0.1) is 5.25 Å². The van der Waals surface area contributed by atoms with Crippen molar-refractivity contribution in [2.75, 3.05) is 0 Å². The van der Waals surface area contributed by atoms with Gasteiger partial charge in [-0.2, -0.15) is 8.42 Å². The van der Waals surface area contributed by atoms with Gasteiger partial charge >= 0.3 is 0 Å². The molecule has 2 fully saturated rings. The monoisotopic (exact) mass is 247 g/mol. The van der Waals surface area contributed by atoms with E-state index < -0.39 is 27.2 Å². The van der Waals surface area contributed by atoms with Crippen molar-refractivity contribution in [1.29, 1.82) is 0 Å². The van der Waals surface area contributed by atoms with Crippen LogP contribution < -0.4 is 0 Å². The number of rotatable bonds is 3. The highest BCUT2D eigenvalue weighted by atomic mass is 32.2. The van der Waals surface area contributed by atoms with Crippen molar-refractivity contribution in [3.05, 3.63) is 0 Å². The van der Waals surface area contributed by atoms with Gasteiger partial charge in [-0.25, -0.2) is 0 Å². The topological polar surface area (TPSA) is 80.8 Å². The maximum Gasteiger partial charge on any atom is 0.291 e. The second-order valence-corrected chi connectivity index (χ2v) is 5.86. The van der Waals surface area contributed by atoms with Crippen LogP contribution >= 0.6 is 0 Å². The molecule has 0 bridgehead atoms. The molecule has 6 nitrogen and oxygen atoms in total. The van der Waals surface area contributed by atoms with Crippen LogP contribution in [0.2, 0.25) is 0 Å². The average Bonchev–Trinajstić information content (AvgIpc) is 2.83. The Hall–Kier alpha value is -0.950. The van der Waals surface area contributed by atoms with E-state index in [1.807, 2.05) is 0 Å². The lowest BCUT2D eigenvalue weighted by atomic mass is 10.4. The second kappa shape index (κ2) is 4.14. The number of hydrogen-bond donors (Lipinski definition) is 0. The third-order valence-corrected chi connectivity index (χ3v) is 4.54. The fourth-order valence-corrected chi connectivity index (χ4v) is 3.39. The van der Waals surface area contributed by atoms with Gasteiger partial charge in [-0.05, 0) is 12.8 Å².